The summed E-state index contributed by atoms with van der Waals surface area (Å²) in [5.41, 5.74) is 10.0. The summed E-state index contributed by atoms with van der Waals surface area (Å²) in [4.78, 5) is 0. The molecule has 356 valence electrons. The van der Waals surface area contributed by atoms with Crippen molar-refractivity contribution in [1.29, 1.82) is 0 Å². The van der Waals surface area contributed by atoms with Crippen molar-refractivity contribution in [2.24, 2.45) is 0 Å². The van der Waals surface area contributed by atoms with Crippen molar-refractivity contribution in [2.45, 2.75) is 24.4 Å². The first-order valence-corrected chi connectivity index (χ1v) is 26.1. The fourth-order valence-corrected chi connectivity index (χ4v) is 12.7. The lowest BCUT2D eigenvalue weighted by Gasteiger charge is -2.27. The van der Waals surface area contributed by atoms with E-state index in [0.717, 1.165) is 97.7 Å². The smallest absolute Gasteiger partial charge is 0.404 e. The van der Waals surface area contributed by atoms with E-state index in [1.54, 1.807) is 0 Å². The maximum absolute atomic E-state index is 7.44. The molecule has 3 aliphatic rings. The van der Waals surface area contributed by atoms with Gasteiger partial charge < -0.3 is 27.9 Å². The molecule has 0 N–H and O–H groups in total. The van der Waals surface area contributed by atoms with Gasteiger partial charge in [-0.05, 0) is 114 Å². The first-order chi connectivity index (χ1) is 37.2. The van der Waals surface area contributed by atoms with E-state index in [9.17, 15) is 0 Å². The summed E-state index contributed by atoms with van der Waals surface area (Å²) in [5, 5.41) is 13.3. The maximum Gasteiger partial charge on any atom is 0.495 e. The van der Waals surface area contributed by atoms with Gasteiger partial charge in [0, 0.05) is 0 Å². The largest absolute Gasteiger partial charge is 0.495 e. The molecule has 6 nitrogen and oxygen atoms in total. The molecule has 15 rings (SSSR count). The van der Waals surface area contributed by atoms with Crippen molar-refractivity contribution in [3.63, 3.8) is 0 Å². The van der Waals surface area contributed by atoms with Crippen LogP contribution in [0.1, 0.15) is 0 Å². The Kier molecular flexibility index (Phi) is 11.0. The fraction of sp³-hybridized carbons (Fsp3) is 0.0909. The van der Waals surface area contributed by atoms with Crippen molar-refractivity contribution in [3.8, 4) is 33.4 Å². The zero-order valence-electron chi connectivity index (χ0n) is 40.9. The molecule has 0 saturated carbocycles. The number of rotatable bonds is 8. The Morgan fingerprint density at radius 1 is 0.240 bits per heavy atom. The van der Waals surface area contributed by atoms with Gasteiger partial charge in [0.15, 0.2) is 0 Å². The van der Waals surface area contributed by atoms with Gasteiger partial charge in [-0.25, -0.2) is 0 Å². The van der Waals surface area contributed by atoms with Crippen LogP contribution >= 0.6 is 0 Å². The Morgan fingerprint density at radius 2 is 0.467 bits per heavy atom. The zero-order chi connectivity index (χ0) is 49.4. The van der Waals surface area contributed by atoms with Crippen molar-refractivity contribution in [3.05, 3.63) is 237 Å². The Bertz CT molecular complexity index is 3800. The molecule has 3 fully saturated rings. The van der Waals surface area contributed by atoms with Gasteiger partial charge in [0.25, 0.3) is 0 Å². The summed E-state index contributed by atoms with van der Waals surface area (Å²) in [6, 6.07) is 83.6. The van der Waals surface area contributed by atoms with Gasteiger partial charge in [-0.1, -0.05) is 237 Å². The zero-order valence-corrected chi connectivity index (χ0v) is 40.9. The fourth-order valence-electron chi connectivity index (χ4n) is 12.7. The van der Waals surface area contributed by atoms with E-state index in [1.165, 1.54) is 16.7 Å². The van der Waals surface area contributed by atoms with E-state index in [0.29, 0.717) is 0 Å². The second-order valence-electron chi connectivity index (χ2n) is 20.0. The Balaban J connectivity index is 0.852. The molecule has 0 aromatic heterocycles. The van der Waals surface area contributed by atoms with Crippen molar-refractivity contribution in [2.75, 3.05) is 13.2 Å². The highest BCUT2D eigenvalue weighted by atomic mass is 16.7. The van der Waals surface area contributed by atoms with Crippen LogP contribution in [0.3, 0.4) is 0 Å². The van der Waals surface area contributed by atoms with Crippen molar-refractivity contribution in [1.82, 2.24) is 0 Å². The van der Waals surface area contributed by atoms with Gasteiger partial charge in [0.2, 0.25) is 0 Å². The Hall–Kier alpha value is -7.85. The molecule has 12 aromatic rings. The van der Waals surface area contributed by atoms with Gasteiger partial charge in [0.1, 0.15) is 0 Å². The summed E-state index contributed by atoms with van der Waals surface area (Å²) >= 11 is 0. The molecule has 4 unspecified atom stereocenters. The SMILES string of the molecule is c1ccc(-c2c3ccccc3c(B3OCC(C4OB(c5c6ccccc6c(-c6ccccc6)c6ccccc56)OC4C4COB(c5c6ccccc6c(-c6ccccc6)c6ccccc56)O4)O3)c3ccccc23)cc1. The van der Waals surface area contributed by atoms with E-state index in [1.807, 2.05) is 0 Å². The minimum Gasteiger partial charge on any atom is -0.404 e. The monoisotopic (exact) mass is 968 g/mol. The van der Waals surface area contributed by atoms with Gasteiger partial charge in [-0.3, -0.25) is 0 Å². The molecule has 75 heavy (non-hydrogen) atoms. The molecule has 12 aromatic carbocycles. The molecule has 3 aliphatic heterocycles. The Morgan fingerprint density at radius 3 is 0.733 bits per heavy atom. The number of hydrogen-bond donors (Lipinski definition) is 0. The average Bonchev–Trinajstić information content (AvgIpc) is 4.27. The van der Waals surface area contributed by atoms with E-state index < -0.39 is 45.8 Å². The predicted octanol–water partition coefficient (Wildman–Crippen LogP) is 12.7. The van der Waals surface area contributed by atoms with Gasteiger partial charge >= 0.3 is 21.4 Å². The van der Waals surface area contributed by atoms with Crippen LogP contribution in [-0.2, 0) is 27.9 Å². The Labute approximate surface area is 435 Å². The summed E-state index contributed by atoms with van der Waals surface area (Å²) < 4.78 is 43.2. The maximum atomic E-state index is 7.44. The molecule has 0 aliphatic carbocycles. The molecule has 0 amide bonds. The molecule has 3 saturated heterocycles. The van der Waals surface area contributed by atoms with Gasteiger partial charge in [0.05, 0.1) is 37.6 Å². The van der Waals surface area contributed by atoms with Crippen LogP contribution in [0, 0.1) is 0 Å². The van der Waals surface area contributed by atoms with Crippen LogP contribution in [-0.4, -0.2) is 59.0 Å². The summed E-state index contributed by atoms with van der Waals surface area (Å²) in [7, 11) is -2.14. The second kappa shape index (κ2) is 18.5. The first kappa shape index (κ1) is 44.6. The van der Waals surface area contributed by atoms with E-state index >= 15 is 0 Å². The molecule has 4 atom stereocenters. The topological polar surface area (TPSA) is 55.4 Å². The van der Waals surface area contributed by atoms with Gasteiger partial charge in [-0.15, -0.1) is 0 Å². The third kappa shape index (κ3) is 7.37. The van der Waals surface area contributed by atoms with Crippen molar-refractivity contribution >= 4 is 102 Å². The van der Waals surface area contributed by atoms with Crippen LogP contribution in [0.25, 0.3) is 98.0 Å². The molecule has 3 heterocycles. The summed E-state index contributed by atoms with van der Waals surface area (Å²) in [6.45, 7) is 0.569. The second-order valence-corrected chi connectivity index (χ2v) is 20.0. The lowest BCUT2D eigenvalue weighted by atomic mass is 9.71. The number of fused-ring (bicyclic) bond motifs is 6. The minimum atomic E-state index is -0.774. The molecule has 0 radical (unpaired) electrons. The molecular formula is C66H47B3O6. The van der Waals surface area contributed by atoms with E-state index in [-0.39, 0.29) is 13.2 Å². The molecular weight excluding hydrogens is 921 g/mol. The standard InChI is InChI=1S/C66H47B3O6/c1-4-22-42(23-5-1)59-45-28-10-16-34-51(45)62(52-35-17-11-29-46(52)59)67-70-40-57(72-67)65-66(75-69(74-65)64-55-38-20-14-32-49(55)61(44-26-8-3-9-27-44)50-33-15-21-39-56(50)64)58-41-71-68(73-58)63-53-36-18-12-30-47(53)60(43-24-6-2-7-25-43)48-31-13-19-37-54(48)63/h1-39,57-58,65-66H,40-41H2. The average molecular weight is 969 g/mol. The highest BCUT2D eigenvalue weighted by Crippen LogP contribution is 2.42. The van der Waals surface area contributed by atoms with E-state index in [4.69, 9.17) is 27.9 Å². The predicted molar refractivity (Wildman–Crippen MR) is 308 cm³/mol. The molecule has 9 heteroatoms. The number of benzene rings is 12. The summed E-state index contributed by atoms with van der Waals surface area (Å²) in [5.74, 6) is 0. The quantitative estimate of drug-likeness (QED) is 0.112. The van der Waals surface area contributed by atoms with Crippen LogP contribution < -0.4 is 16.4 Å². The lowest BCUT2D eigenvalue weighted by Crippen LogP contribution is -2.46. The molecule has 0 spiro atoms. The van der Waals surface area contributed by atoms with Crippen LogP contribution in [0.4, 0.5) is 0 Å². The van der Waals surface area contributed by atoms with Crippen LogP contribution in [0.15, 0.2) is 237 Å². The van der Waals surface area contributed by atoms with E-state index in [2.05, 4.69) is 237 Å². The normalized spacial score (nSPS) is 19.0. The highest BCUT2D eigenvalue weighted by molar-refractivity contribution is 6.70. The summed E-state index contributed by atoms with van der Waals surface area (Å²) in [6.07, 6.45) is -2.25. The van der Waals surface area contributed by atoms with Crippen molar-refractivity contribution < 1.29 is 27.9 Å². The third-order valence-electron chi connectivity index (χ3n) is 15.9. The third-order valence-corrected chi connectivity index (χ3v) is 15.9. The minimum absolute atomic E-state index is 0.284. The van der Waals surface area contributed by atoms with Crippen LogP contribution in [0.2, 0.25) is 0 Å². The number of hydrogen-bond acceptors (Lipinski definition) is 6. The highest BCUT2D eigenvalue weighted by Gasteiger charge is 2.55. The first-order valence-electron chi connectivity index (χ1n) is 26.1. The lowest BCUT2D eigenvalue weighted by molar-refractivity contribution is -0.00428. The van der Waals surface area contributed by atoms with Gasteiger partial charge in [-0.2, -0.15) is 0 Å². The molecule has 0 bridgehead atoms. The van der Waals surface area contributed by atoms with Crippen LogP contribution in [0.5, 0.6) is 0 Å².